The summed E-state index contributed by atoms with van der Waals surface area (Å²) in [4.78, 5) is 2.30. The van der Waals surface area contributed by atoms with Gasteiger partial charge in [-0.3, -0.25) is 0 Å². The number of halogens is 1. The molecule has 6 rings (SSSR count). The lowest BCUT2D eigenvalue weighted by molar-refractivity contribution is 1.28. The Morgan fingerprint density at radius 2 is 1.21 bits per heavy atom. The van der Waals surface area contributed by atoms with Crippen LogP contribution in [0.4, 0.5) is 17.1 Å². The van der Waals surface area contributed by atoms with Gasteiger partial charge in [-0.15, -0.1) is 11.3 Å². The van der Waals surface area contributed by atoms with E-state index < -0.39 is 0 Å². The number of hydrogen-bond acceptors (Lipinski definition) is 2. The standard InChI is InChI=1S/C30H20BrNS/c31-22-10-7-14-25(20-22)32(23-11-2-1-3-12-23)24-13-6-9-21(19-24)26-16-8-17-28-27-15-4-5-18-29(27)33-30(26)28/h1-20H. The largest absolute Gasteiger partial charge is 0.310 e. The molecule has 0 aliphatic carbocycles. The number of nitrogens with zero attached hydrogens (tertiary/aromatic N) is 1. The molecule has 6 aromatic rings. The third-order valence-electron chi connectivity index (χ3n) is 5.90. The van der Waals surface area contributed by atoms with E-state index in [1.165, 1.54) is 31.3 Å². The molecular formula is C30H20BrNS. The van der Waals surface area contributed by atoms with Crippen LogP contribution in [0, 0.1) is 0 Å². The topological polar surface area (TPSA) is 3.24 Å². The third-order valence-corrected chi connectivity index (χ3v) is 7.61. The molecule has 1 heterocycles. The van der Waals surface area contributed by atoms with E-state index in [0.717, 1.165) is 21.5 Å². The van der Waals surface area contributed by atoms with Gasteiger partial charge < -0.3 is 4.90 Å². The Bertz CT molecular complexity index is 1590. The van der Waals surface area contributed by atoms with Crippen LogP contribution in [0.15, 0.2) is 126 Å². The van der Waals surface area contributed by atoms with Crippen LogP contribution in [-0.4, -0.2) is 0 Å². The van der Waals surface area contributed by atoms with Crippen molar-refractivity contribution in [3.63, 3.8) is 0 Å². The van der Waals surface area contributed by atoms with Crippen molar-refractivity contribution >= 4 is 64.5 Å². The second kappa shape index (κ2) is 8.51. The SMILES string of the molecule is Brc1cccc(N(c2ccccc2)c2cccc(-c3cccc4c3sc3ccccc34)c2)c1. The fourth-order valence-corrected chi connectivity index (χ4v) is 6.05. The van der Waals surface area contributed by atoms with Crippen molar-refractivity contribution in [1.29, 1.82) is 0 Å². The van der Waals surface area contributed by atoms with Gasteiger partial charge in [-0.25, -0.2) is 0 Å². The zero-order valence-electron chi connectivity index (χ0n) is 17.8. The van der Waals surface area contributed by atoms with E-state index in [0.29, 0.717) is 0 Å². The van der Waals surface area contributed by atoms with Crippen LogP contribution in [-0.2, 0) is 0 Å². The van der Waals surface area contributed by atoms with E-state index >= 15 is 0 Å². The summed E-state index contributed by atoms with van der Waals surface area (Å²) in [7, 11) is 0. The monoisotopic (exact) mass is 505 g/mol. The first-order chi connectivity index (χ1) is 16.3. The van der Waals surface area contributed by atoms with Crippen LogP contribution < -0.4 is 4.90 Å². The van der Waals surface area contributed by atoms with E-state index in [9.17, 15) is 0 Å². The third kappa shape index (κ3) is 3.74. The molecule has 0 atom stereocenters. The van der Waals surface area contributed by atoms with E-state index in [4.69, 9.17) is 0 Å². The molecule has 0 bridgehead atoms. The van der Waals surface area contributed by atoms with Gasteiger partial charge in [0.15, 0.2) is 0 Å². The average molecular weight is 506 g/mol. The van der Waals surface area contributed by atoms with Crippen molar-refractivity contribution in [3.8, 4) is 11.1 Å². The highest BCUT2D eigenvalue weighted by Gasteiger charge is 2.15. The molecule has 0 spiro atoms. The average Bonchev–Trinajstić information content (AvgIpc) is 3.24. The molecule has 3 heteroatoms. The molecule has 0 N–H and O–H groups in total. The minimum atomic E-state index is 1.06. The minimum absolute atomic E-state index is 1.06. The minimum Gasteiger partial charge on any atom is -0.310 e. The predicted molar refractivity (Wildman–Crippen MR) is 147 cm³/mol. The number of anilines is 3. The molecule has 0 saturated heterocycles. The summed E-state index contributed by atoms with van der Waals surface area (Å²) in [6.45, 7) is 0. The summed E-state index contributed by atoms with van der Waals surface area (Å²) in [5, 5.41) is 2.65. The summed E-state index contributed by atoms with van der Waals surface area (Å²) in [5.74, 6) is 0. The number of hydrogen-bond donors (Lipinski definition) is 0. The summed E-state index contributed by atoms with van der Waals surface area (Å²) in [6.07, 6.45) is 0. The molecule has 1 aromatic heterocycles. The molecular weight excluding hydrogens is 486 g/mol. The fourth-order valence-electron chi connectivity index (χ4n) is 4.43. The molecule has 158 valence electrons. The van der Waals surface area contributed by atoms with Crippen LogP contribution in [0.25, 0.3) is 31.3 Å². The first kappa shape index (κ1) is 20.2. The molecule has 0 radical (unpaired) electrons. The normalized spacial score (nSPS) is 11.2. The Morgan fingerprint density at radius 3 is 2.06 bits per heavy atom. The van der Waals surface area contributed by atoms with Gasteiger partial charge in [0, 0.05) is 41.7 Å². The molecule has 1 nitrogen and oxygen atoms in total. The highest BCUT2D eigenvalue weighted by atomic mass is 79.9. The molecule has 0 saturated carbocycles. The van der Waals surface area contributed by atoms with Crippen molar-refractivity contribution in [3.05, 3.63) is 126 Å². The van der Waals surface area contributed by atoms with Gasteiger partial charge in [0.2, 0.25) is 0 Å². The number of benzene rings is 5. The van der Waals surface area contributed by atoms with Crippen molar-refractivity contribution in [2.24, 2.45) is 0 Å². The van der Waals surface area contributed by atoms with E-state index in [1.54, 1.807) is 0 Å². The van der Waals surface area contributed by atoms with Crippen molar-refractivity contribution in [1.82, 2.24) is 0 Å². The lowest BCUT2D eigenvalue weighted by Crippen LogP contribution is -2.09. The highest BCUT2D eigenvalue weighted by molar-refractivity contribution is 9.10. The zero-order valence-corrected chi connectivity index (χ0v) is 20.2. The van der Waals surface area contributed by atoms with Crippen LogP contribution in [0.2, 0.25) is 0 Å². The predicted octanol–water partition coefficient (Wildman–Crippen LogP) is 9.95. The van der Waals surface area contributed by atoms with Crippen LogP contribution in [0.5, 0.6) is 0 Å². The van der Waals surface area contributed by atoms with E-state index in [-0.39, 0.29) is 0 Å². The van der Waals surface area contributed by atoms with Gasteiger partial charge in [-0.05, 0) is 59.7 Å². The van der Waals surface area contributed by atoms with Gasteiger partial charge in [0.25, 0.3) is 0 Å². The maximum Gasteiger partial charge on any atom is 0.0472 e. The molecule has 0 aliphatic rings. The molecule has 5 aromatic carbocycles. The van der Waals surface area contributed by atoms with E-state index in [2.05, 4.69) is 142 Å². The van der Waals surface area contributed by atoms with Crippen LogP contribution >= 0.6 is 27.3 Å². The molecule has 0 amide bonds. The Balaban J connectivity index is 1.54. The first-order valence-electron chi connectivity index (χ1n) is 10.9. The Morgan fingerprint density at radius 1 is 0.545 bits per heavy atom. The Hall–Kier alpha value is -3.40. The second-order valence-corrected chi connectivity index (χ2v) is 9.95. The number of fused-ring (bicyclic) bond motifs is 3. The summed E-state index contributed by atoms with van der Waals surface area (Å²) in [6, 6.07) is 43.2. The number of thiophene rings is 1. The quantitative estimate of drug-likeness (QED) is 0.230. The smallest absolute Gasteiger partial charge is 0.0472 e. The molecule has 33 heavy (non-hydrogen) atoms. The van der Waals surface area contributed by atoms with Gasteiger partial charge in [0.1, 0.15) is 0 Å². The fraction of sp³-hybridized carbons (Fsp3) is 0. The highest BCUT2D eigenvalue weighted by Crippen LogP contribution is 2.42. The Kier molecular flexibility index (Phi) is 5.21. The second-order valence-electron chi connectivity index (χ2n) is 7.98. The lowest BCUT2D eigenvalue weighted by Gasteiger charge is -2.26. The van der Waals surface area contributed by atoms with Gasteiger partial charge in [-0.1, -0.05) is 88.7 Å². The molecule has 0 unspecified atom stereocenters. The zero-order chi connectivity index (χ0) is 22.2. The summed E-state index contributed by atoms with van der Waals surface area (Å²) >= 11 is 5.52. The lowest BCUT2D eigenvalue weighted by atomic mass is 10.0. The van der Waals surface area contributed by atoms with Gasteiger partial charge in [0.05, 0.1) is 0 Å². The van der Waals surface area contributed by atoms with Crippen LogP contribution in [0.1, 0.15) is 0 Å². The Labute approximate surface area is 205 Å². The number of rotatable bonds is 4. The maximum absolute atomic E-state index is 3.65. The summed E-state index contributed by atoms with van der Waals surface area (Å²) < 4.78 is 3.73. The van der Waals surface area contributed by atoms with Crippen LogP contribution in [0.3, 0.4) is 0 Å². The maximum atomic E-state index is 3.65. The van der Waals surface area contributed by atoms with Crippen molar-refractivity contribution < 1.29 is 0 Å². The summed E-state index contributed by atoms with van der Waals surface area (Å²) in [5.41, 5.74) is 5.88. The number of para-hydroxylation sites is 1. The van der Waals surface area contributed by atoms with Gasteiger partial charge >= 0.3 is 0 Å². The molecule has 0 fully saturated rings. The van der Waals surface area contributed by atoms with E-state index in [1.807, 2.05) is 11.3 Å². The van der Waals surface area contributed by atoms with Crippen molar-refractivity contribution in [2.45, 2.75) is 0 Å². The molecule has 0 aliphatic heterocycles. The van der Waals surface area contributed by atoms with Crippen molar-refractivity contribution in [2.75, 3.05) is 4.90 Å². The first-order valence-corrected chi connectivity index (χ1v) is 12.5. The van der Waals surface area contributed by atoms with Gasteiger partial charge in [-0.2, -0.15) is 0 Å².